The van der Waals surface area contributed by atoms with Crippen LogP contribution in [0.15, 0.2) is 77.7 Å². The second kappa shape index (κ2) is 10.3. The van der Waals surface area contributed by atoms with E-state index in [0.29, 0.717) is 16.5 Å². The maximum absolute atomic E-state index is 13.0. The van der Waals surface area contributed by atoms with Gasteiger partial charge in [0.15, 0.2) is 0 Å². The normalized spacial score (nSPS) is 14.4. The lowest BCUT2D eigenvalue weighted by Gasteiger charge is -2.33. The molecular weight excluding hydrogens is 498 g/mol. The van der Waals surface area contributed by atoms with Crippen LogP contribution in [0.1, 0.15) is 0 Å². The molecule has 0 aliphatic carbocycles. The van der Waals surface area contributed by atoms with E-state index in [1.54, 1.807) is 36.4 Å². The van der Waals surface area contributed by atoms with Crippen molar-refractivity contribution in [2.24, 2.45) is 0 Å². The summed E-state index contributed by atoms with van der Waals surface area (Å²) in [5, 5.41) is 11.2. The van der Waals surface area contributed by atoms with Crippen LogP contribution >= 0.6 is 11.6 Å². The molecule has 3 aromatic rings. The van der Waals surface area contributed by atoms with Gasteiger partial charge in [-0.25, -0.2) is 13.2 Å². The van der Waals surface area contributed by atoms with Crippen LogP contribution in [0.4, 0.5) is 10.5 Å². The van der Waals surface area contributed by atoms with E-state index in [2.05, 4.69) is 0 Å². The molecule has 1 aliphatic rings. The molecule has 0 unspecified atom stereocenters. The first kappa shape index (κ1) is 24.5. The maximum atomic E-state index is 13.0. The van der Waals surface area contributed by atoms with E-state index in [9.17, 15) is 23.3 Å². The maximum Gasteiger partial charge on any atom is 0.415 e. The van der Waals surface area contributed by atoms with Crippen LogP contribution in [0.2, 0.25) is 5.02 Å². The second-order valence-corrected chi connectivity index (χ2v) is 9.86. The molecule has 1 saturated heterocycles. The summed E-state index contributed by atoms with van der Waals surface area (Å²) >= 11 is 6.09. The Morgan fingerprint density at radius 3 is 2.09 bits per heavy atom. The summed E-state index contributed by atoms with van der Waals surface area (Å²) in [6, 6.07) is 18.1. The molecule has 1 fully saturated rings. The molecule has 35 heavy (non-hydrogen) atoms. The molecule has 0 N–H and O–H groups in total. The number of nitro groups is 1. The van der Waals surface area contributed by atoms with Crippen LogP contribution in [0.5, 0.6) is 17.2 Å². The van der Waals surface area contributed by atoms with Crippen molar-refractivity contribution < 1.29 is 27.6 Å². The number of ether oxygens (including phenoxy) is 2. The van der Waals surface area contributed by atoms with Crippen molar-refractivity contribution in [3.63, 3.8) is 0 Å². The van der Waals surface area contributed by atoms with Gasteiger partial charge in [-0.1, -0.05) is 23.7 Å². The third kappa shape index (κ3) is 5.70. The van der Waals surface area contributed by atoms with Crippen molar-refractivity contribution in [1.29, 1.82) is 0 Å². The number of hydrogen-bond donors (Lipinski definition) is 0. The molecule has 0 aromatic heterocycles. The van der Waals surface area contributed by atoms with Gasteiger partial charge in [0.25, 0.3) is 5.69 Å². The first-order valence-corrected chi connectivity index (χ1v) is 12.3. The fraction of sp³-hybridized carbons (Fsp3) is 0.174. The van der Waals surface area contributed by atoms with Gasteiger partial charge in [0.1, 0.15) is 17.2 Å². The van der Waals surface area contributed by atoms with E-state index in [4.69, 9.17) is 21.1 Å². The standard InChI is InChI=1S/C23H20ClN3O7S/c24-21-3-1-2-4-22(21)33-18-9-11-20(12-10-18)35(31,32)26-15-13-25(14-16-26)23(28)34-19-7-5-17(6-8-19)27(29)30/h1-12H,13-16H2. The van der Waals surface area contributed by atoms with E-state index in [1.807, 2.05) is 0 Å². The third-order valence-electron chi connectivity index (χ3n) is 5.28. The predicted octanol–water partition coefficient (Wildman–Crippen LogP) is 4.55. The summed E-state index contributed by atoms with van der Waals surface area (Å²) in [6.07, 6.45) is -0.656. The summed E-state index contributed by atoms with van der Waals surface area (Å²) < 4.78 is 38.3. The van der Waals surface area contributed by atoms with Gasteiger partial charge < -0.3 is 14.4 Å². The fourth-order valence-electron chi connectivity index (χ4n) is 3.40. The smallest absolute Gasteiger partial charge is 0.415 e. The largest absolute Gasteiger partial charge is 0.456 e. The number of hydrogen-bond acceptors (Lipinski definition) is 7. The zero-order chi connectivity index (χ0) is 25.0. The van der Waals surface area contributed by atoms with Gasteiger partial charge in [0.05, 0.1) is 14.8 Å². The number of carbonyl (C=O) groups excluding carboxylic acids is 1. The van der Waals surface area contributed by atoms with E-state index in [1.165, 1.54) is 45.6 Å². The van der Waals surface area contributed by atoms with E-state index in [0.717, 1.165) is 0 Å². The SMILES string of the molecule is O=C(Oc1ccc([N+](=O)[O-])cc1)N1CCN(S(=O)(=O)c2ccc(Oc3ccccc3Cl)cc2)CC1. The first-order chi connectivity index (χ1) is 16.7. The predicted molar refractivity (Wildman–Crippen MR) is 127 cm³/mol. The van der Waals surface area contributed by atoms with Gasteiger partial charge in [-0.05, 0) is 48.5 Å². The molecule has 1 heterocycles. The summed E-state index contributed by atoms with van der Waals surface area (Å²) in [4.78, 5) is 24.1. The van der Waals surface area contributed by atoms with Gasteiger partial charge in [-0.15, -0.1) is 0 Å². The number of nitrogens with zero attached hydrogens (tertiary/aromatic N) is 3. The summed E-state index contributed by atoms with van der Waals surface area (Å²) in [5.41, 5.74) is -0.118. The highest BCUT2D eigenvalue weighted by atomic mass is 35.5. The number of piperazine rings is 1. The lowest BCUT2D eigenvalue weighted by molar-refractivity contribution is -0.384. The number of para-hydroxylation sites is 1. The summed E-state index contributed by atoms with van der Waals surface area (Å²) in [7, 11) is -3.77. The summed E-state index contributed by atoms with van der Waals surface area (Å²) in [5.74, 6) is 1.06. The molecule has 1 amide bonds. The highest BCUT2D eigenvalue weighted by molar-refractivity contribution is 7.89. The second-order valence-electron chi connectivity index (χ2n) is 7.51. The van der Waals surface area contributed by atoms with Crippen LogP contribution in [0.3, 0.4) is 0 Å². The van der Waals surface area contributed by atoms with Gasteiger partial charge in [-0.3, -0.25) is 10.1 Å². The Balaban J connectivity index is 1.34. The molecule has 0 radical (unpaired) electrons. The molecule has 0 atom stereocenters. The summed E-state index contributed by atoms with van der Waals surface area (Å²) in [6.45, 7) is 0.461. The monoisotopic (exact) mass is 517 g/mol. The Morgan fingerprint density at radius 1 is 0.886 bits per heavy atom. The van der Waals surface area contributed by atoms with Crippen LogP contribution < -0.4 is 9.47 Å². The molecule has 0 bridgehead atoms. The zero-order valence-electron chi connectivity index (χ0n) is 18.2. The fourth-order valence-corrected chi connectivity index (χ4v) is 4.99. The van der Waals surface area contributed by atoms with Crippen molar-refractivity contribution in [2.45, 2.75) is 4.90 Å². The Hall–Kier alpha value is -3.67. The third-order valence-corrected chi connectivity index (χ3v) is 7.50. The van der Waals surface area contributed by atoms with Crippen molar-refractivity contribution >= 4 is 33.4 Å². The molecule has 3 aromatic carbocycles. The lowest BCUT2D eigenvalue weighted by Crippen LogP contribution is -2.51. The molecule has 1 aliphatic heterocycles. The van der Waals surface area contributed by atoms with Crippen molar-refractivity contribution in [2.75, 3.05) is 26.2 Å². The Morgan fingerprint density at radius 2 is 1.49 bits per heavy atom. The average molecular weight is 518 g/mol. The average Bonchev–Trinajstić information content (AvgIpc) is 2.86. The Labute approximate surface area is 206 Å². The highest BCUT2D eigenvalue weighted by Gasteiger charge is 2.31. The van der Waals surface area contributed by atoms with Crippen molar-refractivity contribution in [1.82, 2.24) is 9.21 Å². The molecule has 12 heteroatoms. The zero-order valence-corrected chi connectivity index (χ0v) is 19.8. The number of non-ortho nitro benzene ring substituents is 1. The van der Waals surface area contributed by atoms with Gasteiger partial charge in [-0.2, -0.15) is 4.31 Å². The van der Waals surface area contributed by atoms with Gasteiger partial charge >= 0.3 is 6.09 Å². The lowest BCUT2D eigenvalue weighted by atomic mass is 10.3. The molecule has 4 rings (SSSR count). The Kier molecular flexibility index (Phi) is 7.20. The number of sulfonamides is 1. The van der Waals surface area contributed by atoms with Crippen LogP contribution in [0, 0.1) is 10.1 Å². The van der Waals surface area contributed by atoms with Crippen LogP contribution in [0.25, 0.3) is 0 Å². The number of halogens is 1. The number of carbonyl (C=O) groups is 1. The molecule has 10 nitrogen and oxygen atoms in total. The first-order valence-electron chi connectivity index (χ1n) is 10.5. The molecular formula is C23H20ClN3O7S. The molecule has 0 spiro atoms. The minimum Gasteiger partial charge on any atom is -0.456 e. The molecule has 182 valence electrons. The Bertz CT molecular complexity index is 1320. The van der Waals surface area contributed by atoms with E-state index >= 15 is 0 Å². The van der Waals surface area contributed by atoms with Crippen molar-refractivity contribution in [3.8, 4) is 17.2 Å². The molecule has 0 saturated carbocycles. The number of benzene rings is 3. The minimum absolute atomic E-state index is 0.0928. The van der Waals surface area contributed by atoms with E-state index in [-0.39, 0.29) is 42.5 Å². The highest BCUT2D eigenvalue weighted by Crippen LogP contribution is 2.30. The number of nitro benzene ring substituents is 1. The number of amides is 1. The van der Waals surface area contributed by atoms with Gasteiger partial charge in [0, 0.05) is 38.3 Å². The quantitative estimate of drug-likeness (QED) is 0.347. The number of rotatable bonds is 6. The minimum atomic E-state index is -3.77. The van der Waals surface area contributed by atoms with Crippen molar-refractivity contribution in [3.05, 3.63) is 87.9 Å². The topological polar surface area (TPSA) is 119 Å². The van der Waals surface area contributed by atoms with Gasteiger partial charge in [0.2, 0.25) is 10.0 Å². The van der Waals surface area contributed by atoms with Crippen LogP contribution in [-0.4, -0.2) is 54.8 Å². The van der Waals surface area contributed by atoms with E-state index < -0.39 is 21.0 Å². The van der Waals surface area contributed by atoms with Crippen LogP contribution in [-0.2, 0) is 10.0 Å².